The van der Waals surface area contributed by atoms with E-state index in [9.17, 15) is 14.9 Å². The quantitative estimate of drug-likeness (QED) is 0.459. The number of ether oxygens (including phenoxy) is 2. The van der Waals surface area contributed by atoms with Gasteiger partial charge in [0.1, 0.15) is 17.1 Å². The number of hydrogen-bond acceptors (Lipinski definition) is 5. The van der Waals surface area contributed by atoms with Crippen LogP contribution in [0, 0.1) is 10.1 Å². The fourth-order valence-corrected chi connectivity index (χ4v) is 1.14. The molecule has 0 aliphatic carbocycles. The van der Waals surface area contributed by atoms with Crippen LogP contribution in [-0.2, 0) is 0 Å². The zero-order valence-electron chi connectivity index (χ0n) is 10.2. The summed E-state index contributed by atoms with van der Waals surface area (Å²) in [5, 5.41) is 10.7. The predicted molar refractivity (Wildman–Crippen MR) is 62.9 cm³/mol. The lowest BCUT2D eigenvalue weighted by Crippen LogP contribution is -1.99. The molecule has 6 nitrogen and oxygen atoms in total. The Hall–Kier alpha value is -2.11. The first-order chi connectivity index (χ1) is 8.13. The molecule has 0 saturated heterocycles. The number of carbonyl (C=O) groups is 1. The molecule has 0 atom stereocenters. The number of rotatable bonds is 4. The number of nitro groups is 1. The Morgan fingerprint density at radius 3 is 2.18 bits per heavy atom. The van der Waals surface area contributed by atoms with Gasteiger partial charge in [-0.15, -0.1) is 0 Å². The summed E-state index contributed by atoms with van der Waals surface area (Å²) in [6.07, 6.45) is 0.385. The molecule has 0 amide bonds. The molecule has 0 saturated carbocycles. The lowest BCUT2D eigenvalue weighted by molar-refractivity contribution is -0.385. The third-order valence-corrected chi connectivity index (χ3v) is 1.86. The van der Waals surface area contributed by atoms with Crippen molar-refractivity contribution in [2.75, 3.05) is 14.2 Å². The van der Waals surface area contributed by atoms with Crippen LogP contribution in [0.15, 0.2) is 12.1 Å². The van der Waals surface area contributed by atoms with Gasteiger partial charge in [0.25, 0.3) is 5.69 Å². The Morgan fingerprint density at radius 1 is 1.24 bits per heavy atom. The molecule has 0 aromatic heterocycles. The molecule has 0 aliphatic rings. The Balaban J connectivity index is 0.00000121. The molecule has 6 heteroatoms. The first-order valence-corrected chi connectivity index (χ1v) is 4.99. The third kappa shape index (κ3) is 3.44. The van der Waals surface area contributed by atoms with Crippen LogP contribution in [0.2, 0.25) is 0 Å². The Kier molecular flexibility index (Phi) is 6.32. The largest absolute Gasteiger partial charge is 0.496 e. The van der Waals surface area contributed by atoms with Crippen LogP contribution in [0.3, 0.4) is 0 Å². The van der Waals surface area contributed by atoms with E-state index in [1.54, 1.807) is 0 Å². The van der Waals surface area contributed by atoms with E-state index in [0.29, 0.717) is 6.29 Å². The number of methoxy groups -OCH3 is 2. The summed E-state index contributed by atoms with van der Waals surface area (Å²) in [7, 11) is 2.70. The van der Waals surface area contributed by atoms with Crippen LogP contribution in [0.25, 0.3) is 0 Å². The van der Waals surface area contributed by atoms with Gasteiger partial charge >= 0.3 is 0 Å². The Morgan fingerprint density at radius 2 is 1.82 bits per heavy atom. The maximum atomic E-state index is 10.7. The van der Waals surface area contributed by atoms with Crippen molar-refractivity contribution in [3.05, 3.63) is 27.8 Å². The lowest BCUT2D eigenvalue weighted by atomic mass is 10.1. The highest BCUT2D eigenvalue weighted by Crippen LogP contribution is 2.32. The number of nitro benzene ring substituents is 1. The fourth-order valence-electron chi connectivity index (χ4n) is 1.14. The second kappa shape index (κ2) is 7.21. The molecule has 0 bridgehead atoms. The highest BCUT2D eigenvalue weighted by Gasteiger charge is 2.20. The van der Waals surface area contributed by atoms with E-state index in [2.05, 4.69) is 0 Å². The first-order valence-electron chi connectivity index (χ1n) is 4.99. The molecule has 0 aliphatic heterocycles. The van der Waals surface area contributed by atoms with Crippen molar-refractivity contribution >= 4 is 12.0 Å². The van der Waals surface area contributed by atoms with Gasteiger partial charge in [0.2, 0.25) is 0 Å². The van der Waals surface area contributed by atoms with Gasteiger partial charge in [-0.25, -0.2) is 0 Å². The summed E-state index contributed by atoms with van der Waals surface area (Å²) in [6.45, 7) is 4.00. The summed E-state index contributed by atoms with van der Waals surface area (Å²) in [5.74, 6) is 0.389. The summed E-state index contributed by atoms with van der Waals surface area (Å²) >= 11 is 0. The summed E-state index contributed by atoms with van der Waals surface area (Å²) in [4.78, 5) is 20.7. The van der Waals surface area contributed by atoms with E-state index in [1.807, 2.05) is 13.8 Å². The molecule has 1 aromatic rings. The van der Waals surface area contributed by atoms with Gasteiger partial charge in [-0.2, -0.15) is 0 Å². The average Bonchev–Trinajstić information content (AvgIpc) is 2.39. The standard InChI is InChI=1S/C9H9NO5.C2H6/c1-14-6-3-8(10(12)13)7(5-11)9(4-6)15-2;1-2/h3-5H,1-2H3;1-2H3. The first kappa shape index (κ1) is 14.9. The maximum absolute atomic E-state index is 10.7. The Bertz CT molecular complexity index is 403. The number of benzene rings is 1. The molecule has 0 spiro atoms. The highest BCUT2D eigenvalue weighted by atomic mass is 16.6. The summed E-state index contributed by atoms with van der Waals surface area (Å²) in [5.41, 5.74) is -0.426. The molecular formula is C11H15NO5. The molecule has 17 heavy (non-hydrogen) atoms. The molecule has 1 aromatic carbocycles. The van der Waals surface area contributed by atoms with Crippen LogP contribution in [0.5, 0.6) is 11.5 Å². The van der Waals surface area contributed by atoms with E-state index < -0.39 is 4.92 Å². The van der Waals surface area contributed by atoms with E-state index in [1.165, 1.54) is 26.4 Å². The van der Waals surface area contributed by atoms with Gasteiger partial charge in [0, 0.05) is 6.07 Å². The molecule has 0 heterocycles. The average molecular weight is 241 g/mol. The molecule has 0 radical (unpaired) electrons. The zero-order chi connectivity index (χ0) is 13.4. The SMILES string of the molecule is CC.COc1cc(OC)c(C=O)c([N+](=O)[O-])c1. The fraction of sp³-hybridized carbons (Fsp3) is 0.364. The number of aldehydes is 1. The molecule has 94 valence electrons. The minimum Gasteiger partial charge on any atom is -0.496 e. The minimum atomic E-state index is -0.658. The Labute approximate surface area is 99.3 Å². The highest BCUT2D eigenvalue weighted by molar-refractivity contribution is 5.86. The van der Waals surface area contributed by atoms with E-state index in [0.717, 1.165) is 0 Å². The van der Waals surface area contributed by atoms with Crippen LogP contribution < -0.4 is 9.47 Å². The lowest BCUT2D eigenvalue weighted by Gasteiger charge is -2.06. The van der Waals surface area contributed by atoms with Crippen molar-refractivity contribution in [1.82, 2.24) is 0 Å². The number of carbonyl (C=O) groups excluding carboxylic acids is 1. The van der Waals surface area contributed by atoms with E-state index >= 15 is 0 Å². The third-order valence-electron chi connectivity index (χ3n) is 1.86. The summed E-state index contributed by atoms with van der Waals surface area (Å²) in [6, 6.07) is 2.59. The van der Waals surface area contributed by atoms with E-state index in [-0.39, 0.29) is 22.7 Å². The van der Waals surface area contributed by atoms with E-state index in [4.69, 9.17) is 9.47 Å². The second-order valence-corrected chi connectivity index (χ2v) is 2.64. The minimum absolute atomic E-state index is 0.0942. The van der Waals surface area contributed by atoms with Crippen LogP contribution in [-0.4, -0.2) is 25.4 Å². The number of nitrogens with zero attached hydrogens (tertiary/aromatic N) is 1. The second-order valence-electron chi connectivity index (χ2n) is 2.64. The van der Waals surface area contributed by atoms with Gasteiger partial charge in [-0.3, -0.25) is 14.9 Å². The van der Waals surface area contributed by atoms with Crippen molar-refractivity contribution < 1.29 is 19.2 Å². The zero-order valence-corrected chi connectivity index (χ0v) is 10.2. The number of hydrogen-bond donors (Lipinski definition) is 0. The molecule has 0 fully saturated rings. The smallest absolute Gasteiger partial charge is 0.287 e. The molecule has 1 rings (SSSR count). The van der Waals surface area contributed by atoms with Crippen LogP contribution in [0.4, 0.5) is 5.69 Å². The molecule has 0 unspecified atom stereocenters. The molecule has 0 N–H and O–H groups in total. The van der Waals surface area contributed by atoms with Crippen LogP contribution >= 0.6 is 0 Å². The van der Waals surface area contributed by atoms with Gasteiger partial charge in [0.05, 0.1) is 25.2 Å². The van der Waals surface area contributed by atoms with Gasteiger partial charge in [0.15, 0.2) is 6.29 Å². The van der Waals surface area contributed by atoms with Crippen molar-refractivity contribution in [1.29, 1.82) is 0 Å². The van der Waals surface area contributed by atoms with Crippen molar-refractivity contribution in [2.24, 2.45) is 0 Å². The predicted octanol–water partition coefficient (Wildman–Crippen LogP) is 2.45. The van der Waals surface area contributed by atoms with Gasteiger partial charge in [-0.05, 0) is 0 Å². The van der Waals surface area contributed by atoms with Gasteiger partial charge < -0.3 is 9.47 Å². The maximum Gasteiger partial charge on any atom is 0.287 e. The summed E-state index contributed by atoms with van der Waals surface area (Å²) < 4.78 is 9.70. The van der Waals surface area contributed by atoms with Gasteiger partial charge in [-0.1, -0.05) is 13.8 Å². The van der Waals surface area contributed by atoms with Crippen molar-refractivity contribution in [2.45, 2.75) is 13.8 Å². The van der Waals surface area contributed by atoms with Crippen molar-refractivity contribution in [3.8, 4) is 11.5 Å². The molecular weight excluding hydrogens is 226 g/mol. The van der Waals surface area contributed by atoms with Crippen LogP contribution in [0.1, 0.15) is 24.2 Å². The normalized spacial score (nSPS) is 8.71. The monoisotopic (exact) mass is 241 g/mol. The van der Waals surface area contributed by atoms with Crippen molar-refractivity contribution in [3.63, 3.8) is 0 Å². The topological polar surface area (TPSA) is 78.7 Å².